The van der Waals surface area contributed by atoms with Crippen molar-refractivity contribution in [3.05, 3.63) is 76.3 Å². The Balaban J connectivity index is 1.38. The van der Waals surface area contributed by atoms with Crippen LogP contribution in [0.5, 0.6) is 0 Å². The molecule has 5 heterocycles. The highest BCUT2D eigenvalue weighted by Crippen LogP contribution is 2.49. The summed E-state index contributed by atoms with van der Waals surface area (Å²) in [6, 6.07) is 5.26. The Morgan fingerprint density at radius 1 is 1.14 bits per heavy atom. The molecule has 176 valence electrons. The predicted octanol–water partition coefficient (Wildman–Crippen LogP) is 3.18. The number of nitrogens with zero attached hydrogens (tertiary/aromatic N) is 9. The molecule has 1 aliphatic rings. The van der Waals surface area contributed by atoms with Crippen LogP contribution in [0.3, 0.4) is 0 Å². The van der Waals surface area contributed by atoms with Gasteiger partial charge in [-0.1, -0.05) is 23.2 Å². The number of rotatable bonds is 4. The third kappa shape index (κ3) is 3.46. The average Bonchev–Trinajstić information content (AvgIpc) is 3.60. The van der Waals surface area contributed by atoms with Crippen molar-refractivity contribution < 1.29 is 4.79 Å². The number of nitrogens with one attached hydrogen (secondary N) is 1. The van der Waals surface area contributed by atoms with Crippen molar-refractivity contribution in [2.75, 3.05) is 5.32 Å². The van der Waals surface area contributed by atoms with E-state index in [0.717, 1.165) is 17.0 Å². The Morgan fingerprint density at radius 3 is 2.66 bits per heavy atom. The number of pyridine rings is 1. The molecule has 0 bridgehead atoms. The van der Waals surface area contributed by atoms with E-state index < -0.39 is 11.3 Å². The average molecular weight is 509 g/mol. The van der Waals surface area contributed by atoms with Gasteiger partial charge in [-0.15, -0.1) is 4.80 Å². The lowest BCUT2D eigenvalue weighted by molar-refractivity contribution is -0.117. The molecule has 2 atom stereocenters. The van der Waals surface area contributed by atoms with Crippen molar-refractivity contribution in [1.29, 1.82) is 0 Å². The largest absolute Gasteiger partial charge is 0.324 e. The zero-order chi connectivity index (χ0) is 24.3. The number of aromatic nitrogens is 9. The molecular formula is C22H18Cl2N10O. The number of amides is 1. The third-order valence-corrected chi connectivity index (χ3v) is 6.75. The Kier molecular flexibility index (Phi) is 4.87. The summed E-state index contributed by atoms with van der Waals surface area (Å²) in [5, 5.41) is 20.7. The van der Waals surface area contributed by atoms with Crippen LogP contribution in [0.15, 0.2) is 49.2 Å². The van der Waals surface area contributed by atoms with Gasteiger partial charge in [-0.25, -0.2) is 14.5 Å². The Hall–Kier alpha value is -3.83. The summed E-state index contributed by atoms with van der Waals surface area (Å²) in [5.41, 5.74) is 2.90. The lowest BCUT2D eigenvalue weighted by Crippen LogP contribution is -2.26. The van der Waals surface area contributed by atoms with E-state index in [2.05, 4.69) is 42.6 Å². The first-order valence-electron chi connectivity index (χ1n) is 10.7. The number of hydrogen-bond donors (Lipinski definition) is 1. The number of aryl methyl sites for hydroxylation is 1. The maximum absolute atomic E-state index is 13.5. The van der Waals surface area contributed by atoms with Gasteiger partial charge in [-0.05, 0) is 25.5 Å². The summed E-state index contributed by atoms with van der Waals surface area (Å²) < 4.78 is 3.45. The van der Waals surface area contributed by atoms with Crippen LogP contribution in [0.1, 0.15) is 36.2 Å². The molecule has 13 heteroatoms. The molecule has 6 rings (SSSR count). The van der Waals surface area contributed by atoms with Crippen LogP contribution in [0, 0.1) is 0 Å². The monoisotopic (exact) mass is 508 g/mol. The van der Waals surface area contributed by atoms with E-state index in [-0.39, 0.29) is 5.91 Å². The molecular weight excluding hydrogens is 491 g/mol. The van der Waals surface area contributed by atoms with Crippen molar-refractivity contribution >= 4 is 40.4 Å². The molecule has 0 fully saturated rings. The van der Waals surface area contributed by atoms with Crippen LogP contribution in [0.25, 0.3) is 11.5 Å². The number of hydrogen-bond acceptors (Lipinski definition) is 7. The molecule has 0 radical (unpaired) electrons. The lowest BCUT2D eigenvalue weighted by atomic mass is 9.82. The molecule has 0 spiro atoms. The molecule has 11 nitrogen and oxygen atoms in total. The first-order valence-corrected chi connectivity index (χ1v) is 11.5. The molecule has 1 N–H and O–H groups in total. The van der Waals surface area contributed by atoms with E-state index in [1.807, 2.05) is 19.3 Å². The van der Waals surface area contributed by atoms with Gasteiger partial charge in [-0.3, -0.25) is 9.48 Å². The zero-order valence-corrected chi connectivity index (χ0v) is 20.1. The van der Waals surface area contributed by atoms with E-state index in [0.29, 0.717) is 33.7 Å². The Bertz CT molecular complexity index is 1590. The second-order valence-electron chi connectivity index (χ2n) is 8.60. The topological polar surface area (TPSA) is 121 Å². The first-order chi connectivity index (χ1) is 16.8. The van der Waals surface area contributed by atoms with Gasteiger partial charge >= 0.3 is 0 Å². The summed E-state index contributed by atoms with van der Waals surface area (Å²) >= 11 is 12.6. The molecule has 0 unspecified atom stereocenters. The van der Waals surface area contributed by atoms with Gasteiger partial charge in [0.15, 0.2) is 16.6 Å². The van der Waals surface area contributed by atoms with Crippen molar-refractivity contribution in [2.24, 2.45) is 7.05 Å². The van der Waals surface area contributed by atoms with Crippen LogP contribution in [0.2, 0.25) is 10.2 Å². The minimum absolute atomic E-state index is 0.215. The van der Waals surface area contributed by atoms with E-state index >= 15 is 0 Å². The molecule has 1 aliphatic carbocycles. The van der Waals surface area contributed by atoms with E-state index in [1.165, 1.54) is 23.4 Å². The van der Waals surface area contributed by atoms with Gasteiger partial charge < -0.3 is 5.32 Å². The molecule has 5 aromatic heterocycles. The highest BCUT2D eigenvalue weighted by Gasteiger charge is 2.48. The fourth-order valence-corrected chi connectivity index (χ4v) is 5.13. The molecule has 35 heavy (non-hydrogen) atoms. The van der Waals surface area contributed by atoms with Crippen molar-refractivity contribution in [2.45, 2.75) is 24.7 Å². The van der Waals surface area contributed by atoms with E-state index in [9.17, 15) is 4.79 Å². The lowest BCUT2D eigenvalue weighted by Gasteiger charge is -2.23. The zero-order valence-electron chi connectivity index (χ0n) is 18.6. The van der Waals surface area contributed by atoms with E-state index in [1.54, 1.807) is 27.5 Å². The quantitative estimate of drug-likeness (QED) is 0.395. The summed E-state index contributed by atoms with van der Waals surface area (Å²) in [6.45, 7) is 2.06. The summed E-state index contributed by atoms with van der Waals surface area (Å²) in [5.74, 6) is -0.359. The normalized spacial score (nSPS) is 19.3. The van der Waals surface area contributed by atoms with Gasteiger partial charge in [0.05, 0.1) is 52.0 Å². The first kappa shape index (κ1) is 21.7. The Morgan fingerprint density at radius 2 is 1.94 bits per heavy atom. The highest BCUT2D eigenvalue weighted by molar-refractivity contribution is 6.32. The standard InChI is InChI=1S/C22H18Cl2N10O/c1-22(16-3-6-32(2)30-16)9-13(14-11-25-18-8-17(24)31-33(18)19(14)22)21(35)29-12-7-15(23)20(26-10-12)34-27-4-5-28-34/h3-8,10-11,13H,9H2,1-2H3,(H,29,35)/t13-,22+/m0/s1. The number of carbonyl (C=O) groups is 1. The van der Waals surface area contributed by atoms with Gasteiger partial charge in [-0.2, -0.15) is 20.4 Å². The van der Waals surface area contributed by atoms with Crippen LogP contribution in [0.4, 0.5) is 5.69 Å². The molecule has 5 aromatic rings. The van der Waals surface area contributed by atoms with Gasteiger partial charge in [0.1, 0.15) is 0 Å². The van der Waals surface area contributed by atoms with Crippen LogP contribution in [-0.4, -0.2) is 50.3 Å². The molecule has 0 aliphatic heterocycles. The Labute approximate surface area is 208 Å². The fourth-order valence-electron chi connectivity index (χ4n) is 4.71. The smallest absolute Gasteiger partial charge is 0.232 e. The van der Waals surface area contributed by atoms with Crippen LogP contribution in [-0.2, 0) is 17.3 Å². The highest BCUT2D eigenvalue weighted by atomic mass is 35.5. The van der Waals surface area contributed by atoms with Crippen molar-refractivity contribution in [3.63, 3.8) is 0 Å². The number of fused-ring (bicyclic) bond motifs is 3. The van der Waals surface area contributed by atoms with Gasteiger partial charge in [0, 0.05) is 31.1 Å². The van der Waals surface area contributed by atoms with Gasteiger partial charge in [0.2, 0.25) is 5.91 Å². The molecule has 0 saturated heterocycles. The van der Waals surface area contributed by atoms with E-state index in [4.69, 9.17) is 23.2 Å². The third-order valence-electron chi connectivity index (χ3n) is 6.29. The summed E-state index contributed by atoms with van der Waals surface area (Å²) in [7, 11) is 1.86. The van der Waals surface area contributed by atoms with Crippen LogP contribution >= 0.6 is 23.2 Å². The second kappa shape index (κ2) is 7.85. The van der Waals surface area contributed by atoms with Crippen molar-refractivity contribution in [1.82, 2.24) is 44.4 Å². The molecule has 0 aromatic carbocycles. The minimum atomic E-state index is -0.597. The fraction of sp³-hybridized carbons (Fsp3) is 0.227. The predicted molar refractivity (Wildman–Crippen MR) is 128 cm³/mol. The number of halogens is 2. The van der Waals surface area contributed by atoms with Crippen molar-refractivity contribution in [3.8, 4) is 5.82 Å². The summed E-state index contributed by atoms with van der Waals surface area (Å²) in [4.78, 5) is 23.7. The van der Waals surface area contributed by atoms with Gasteiger partial charge in [0.25, 0.3) is 0 Å². The molecule has 1 amide bonds. The maximum atomic E-state index is 13.5. The maximum Gasteiger partial charge on any atom is 0.232 e. The number of carbonyl (C=O) groups excluding carboxylic acids is 1. The summed E-state index contributed by atoms with van der Waals surface area (Å²) in [6.07, 6.45) is 8.65. The second-order valence-corrected chi connectivity index (χ2v) is 9.39. The minimum Gasteiger partial charge on any atom is -0.324 e. The molecule has 0 saturated carbocycles. The van der Waals surface area contributed by atoms with Crippen LogP contribution < -0.4 is 5.32 Å². The number of anilines is 1. The SMILES string of the molecule is Cn1ccc([C@@]2(C)C[C@H](C(=O)Nc3cnc(-n4nccn4)c(Cl)c3)c3cnc4cc(Cl)nn4c32)n1.